The Labute approximate surface area is 119 Å². The van der Waals surface area contributed by atoms with E-state index >= 15 is 0 Å². The zero-order valence-electron chi connectivity index (χ0n) is 11.5. The van der Waals surface area contributed by atoms with Crippen LogP contribution in [0, 0.1) is 17.8 Å². The Morgan fingerprint density at radius 1 is 1.42 bits per heavy atom. The van der Waals surface area contributed by atoms with Crippen LogP contribution in [0.15, 0.2) is 12.1 Å². The van der Waals surface area contributed by atoms with E-state index in [1.807, 2.05) is 6.07 Å². The minimum absolute atomic E-state index is 0.0792. The van der Waals surface area contributed by atoms with Gasteiger partial charge in [0.15, 0.2) is 0 Å². The van der Waals surface area contributed by atoms with Gasteiger partial charge in [0.1, 0.15) is 6.61 Å². The van der Waals surface area contributed by atoms with E-state index in [0.717, 1.165) is 10.8 Å². The molecule has 2 atom stereocenters. The van der Waals surface area contributed by atoms with E-state index in [2.05, 4.69) is 24.8 Å². The number of rotatable bonds is 4. The molecule has 2 nitrogen and oxygen atoms in total. The molecule has 1 fully saturated rings. The van der Waals surface area contributed by atoms with Crippen LogP contribution in [0.4, 0.5) is 0 Å². The van der Waals surface area contributed by atoms with Gasteiger partial charge in [-0.1, -0.05) is 38.0 Å². The van der Waals surface area contributed by atoms with Gasteiger partial charge >= 0.3 is 0 Å². The van der Waals surface area contributed by atoms with Crippen molar-refractivity contribution in [1.29, 1.82) is 0 Å². The molecular formula is C16H22O2S. The third-order valence-electron chi connectivity index (χ3n) is 3.73. The van der Waals surface area contributed by atoms with Crippen LogP contribution in [-0.4, -0.2) is 17.8 Å². The third kappa shape index (κ3) is 4.65. The van der Waals surface area contributed by atoms with Crippen molar-refractivity contribution in [1.82, 2.24) is 0 Å². The van der Waals surface area contributed by atoms with Crippen molar-refractivity contribution in [3.63, 3.8) is 0 Å². The molecule has 0 aliphatic heterocycles. The standard InChI is InChI=1S/C16H22O2S/c1-2-13-5-3-6-14(11-13)18-12-16-9-8-15(19-16)7-4-10-17/h8-9,13-14,17H,2-3,5-6,10-12H2,1H3. The van der Waals surface area contributed by atoms with Gasteiger partial charge < -0.3 is 9.84 Å². The van der Waals surface area contributed by atoms with E-state index in [4.69, 9.17) is 9.84 Å². The van der Waals surface area contributed by atoms with Gasteiger partial charge in [-0.25, -0.2) is 0 Å². The highest BCUT2D eigenvalue weighted by Gasteiger charge is 2.21. The highest BCUT2D eigenvalue weighted by Crippen LogP contribution is 2.29. The molecule has 2 rings (SSSR count). The quantitative estimate of drug-likeness (QED) is 0.853. The Morgan fingerprint density at radius 2 is 2.32 bits per heavy atom. The van der Waals surface area contributed by atoms with Crippen molar-refractivity contribution in [3.8, 4) is 11.8 Å². The fourth-order valence-corrected chi connectivity index (χ4v) is 3.42. The predicted molar refractivity (Wildman–Crippen MR) is 79.1 cm³/mol. The van der Waals surface area contributed by atoms with Crippen LogP contribution in [-0.2, 0) is 11.3 Å². The molecule has 1 aliphatic carbocycles. The monoisotopic (exact) mass is 278 g/mol. The summed E-state index contributed by atoms with van der Waals surface area (Å²) in [4.78, 5) is 2.23. The van der Waals surface area contributed by atoms with Crippen LogP contribution in [0.3, 0.4) is 0 Å². The van der Waals surface area contributed by atoms with Crippen molar-refractivity contribution < 1.29 is 9.84 Å². The lowest BCUT2D eigenvalue weighted by Crippen LogP contribution is -2.22. The van der Waals surface area contributed by atoms with Crippen LogP contribution in [0.5, 0.6) is 0 Å². The Morgan fingerprint density at radius 3 is 3.11 bits per heavy atom. The van der Waals surface area contributed by atoms with Gasteiger partial charge in [-0.2, -0.15) is 0 Å². The number of aliphatic hydroxyl groups excluding tert-OH is 1. The summed E-state index contributed by atoms with van der Waals surface area (Å²) < 4.78 is 6.03. The number of aliphatic hydroxyl groups is 1. The van der Waals surface area contributed by atoms with Crippen LogP contribution in [0.25, 0.3) is 0 Å². The normalized spacial score (nSPS) is 22.8. The topological polar surface area (TPSA) is 29.5 Å². The highest BCUT2D eigenvalue weighted by molar-refractivity contribution is 7.12. The second-order valence-corrected chi connectivity index (χ2v) is 6.27. The number of hydrogen-bond acceptors (Lipinski definition) is 3. The van der Waals surface area contributed by atoms with Crippen molar-refractivity contribution in [2.45, 2.75) is 51.7 Å². The SMILES string of the molecule is CCC1CCCC(OCc2ccc(C#CCO)s2)C1. The molecule has 0 bridgehead atoms. The molecule has 0 amide bonds. The molecule has 1 saturated carbocycles. The Hall–Kier alpha value is -0.820. The van der Waals surface area contributed by atoms with E-state index < -0.39 is 0 Å². The maximum Gasteiger partial charge on any atom is 0.104 e. The zero-order chi connectivity index (χ0) is 13.5. The molecule has 0 spiro atoms. The lowest BCUT2D eigenvalue weighted by Gasteiger charge is -2.28. The third-order valence-corrected chi connectivity index (χ3v) is 4.70. The van der Waals surface area contributed by atoms with E-state index in [-0.39, 0.29) is 6.61 Å². The lowest BCUT2D eigenvalue weighted by molar-refractivity contribution is 0.00298. The molecule has 104 valence electrons. The summed E-state index contributed by atoms with van der Waals surface area (Å²) in [6.07, 6.45) is 6.82. The second kappa shape index (κ2) is 7.69. The first-order valence-electron chi connectivity index (χ1n) is 7.11. The smallest absolute Gasteiger partial charge is 0.104 e. The van der Waals surface area contributed by atoms with Crippen LogP contribution in [0.1, 0.15) is 48.8 Å². The summed E-state index contributed by atoms with van der Waals surface area (Å²) >= 11 is 1.66. The average Bonchev–Trinajstić information content (AvgIpc) is 2.91. The van der Waals surface area contributed by atoms with Crippen LogP contribution >= 0.6 is 11.3 Å². The van der Waals surface area contributed by atoms with Crippen molar-refractivity contribution >= 4 is 11.3 Å². The maximum absolute atomic E-state index is 8.66. The molecule has 19 heavy (non-hydrogen) atoms. The van der Waals surface area contributed by atoms with Crippen molar-refractivity contribution in [2.75, 3.05) is 6.61 Å². The molecule has 1 N–H and O–H groups in total. The van der Waals surface area contributed by atoms with Gasteiger partial charge in [0.05, 0.1) is 17.6 Å². The Bertz CT molecular complexity index is 441. The van der Waals surface area contributed by atoms with Crippen LogP contribution < -0.4 is 0 Å². The van der Waals surface area contributed by atoms with Gasteiger partial charge in [0.2, 0.25) is 0 Å². The Kier molecular flexibility index (Phi) is 5.91. The molecular weight excluding hydrogens is 256 g/mol. The second-order valence-electron chi connectivity index (χ2n) is 5.10. The molecule has 1 aromatic rings. The summed E-state index contributed by atoms with van der Waals surface area (Å²) in [7, 11) is 0. The van der Waals surface area contributed by atoms with Crippen LogP contribution in [0.2, 0.25) is 0 Å². The molecule has 1 aromatic heterocycles. The minimum Gasteiger partial charge on any atom is -0.384 e. The fraction of sp³-hybridized carbons (Fsp3) is 0.625. The van der Waals surface area contributed by atoms with Crippen molar-refractivity contribution in [2.24, 2.45) is 5.92 Å². The van der Waals surface area contributed by atoms with Gasteiger partial charge in [-0.05, 0) is 30.9 Å². The summed E-state index contributed by atoms with van der Waals surface area (Å²) in [5.74, 6) is 6.46. The van der Waals surface area contributed by atoms with Crippen molar-refractivity contribution in [3.05, 3.63) is 21.9 Å². The molecule has 3 heteroatoms. The van der Waals surface area contributed by atoms with E-state index in [9.17, 15) is 0 Å². The lowest BCUT2D eigenvalue weighted by atomic mass is 9.85. The summed E-state index contributed by atoms with van der Waals surface area (Å²) in [6.45, 7) is 2.90. The molecule has 0 radical (unpaired) electrons. The summed E-state index contributed by atoms with van der Waals surface area (Å²) in [5.41, 5.74) is 0. The molecule has 1 heterocycles. The largest absolute Gasteiger partial charge is 0.384 e. The fourth-order valence-electron chi connectivity index (χ4n) is 2.61. The molecule has 0 aromatic carbocycles. The summed E-state index contributed by atoms with van der Waals surface area (Å²) in [6, 6.07) is 4.08. The van der Waals surface area contributed by atoms with E-state index in [0.29, 0.717) is 12.7 Å². The molecule has 0 saturated heterocycles. The van der Waals surface area contributed by atoms with Gasteiger partial charge in [0, 0.05) is 4.88 Å². The van der Waals surface area contributed by atoms with Gasteiger partial charge in [-0.15, -0.1) is 11.3 Å². The van der Waals surface area contributed by atoms with E-state index in [1.54, 1.807) is 11.3 Å². The van der Waals surface area contributed by atoms with E-state index in [1.165, 1.54) is 37.0 Å². The number of hydrogen-bond donors (Lipinski definition) is 1. The number of thiophene rings is 1. The zero-order valence-corrected chi connectivity index (χ0v) is 12.3. The average molecular weight is 278 g/mol. The molecule has 2 unspecified atom stereocenters. The summed E-state index contributed by atoms with van der Waals surface area (Å²) in [5, 5.41) is 8.66. The number of ether oxygens (including phenoxy) is 1. The first-order chi connectivity index (χ1) is 9.31. The predicted octanol–water partition coefficient (Wildman–Crippen LogP) is 3.58. The first-order valence-corrected chi connectivity index (χ1v) is 7.93. The highest BCUT2D eigenvalue weighted by atomic mass is 32.1. The maximum atomic E-state index is 8.66. The molecule has 1 aliphatic rings. The van der Waals surface area contributed by atoms with Gasteiger partial charge in [-0.3, -0.25) is 0 Å². The van der Waals surface area contributed by atoms with Gasteiger partial charge in [0.25, 0.3) is 0 Å². The first kappa shape index (κ1) is 14.6. The Balaban J connectivity index is 1.80. The minimum atomic E-state index is -0.0792.